The van der Waals surface area contributed by atoms with E-state index in [-0.39, 0.29) is 5.91 Å². The fraction of sp³-hybridized carbons (Fsp3) is 0.235. The molecule has 0 aliphatic heterocycles. The molecule has 0 bridgehead atoms. The average molecular weight is 336 g/mol. The fourth-order valence-corrected chi connectivity index (χ4v) is 2.11. The lowest BCUT2D eigenvalue weighted by atomic mass is 10.2. The van der Waals surface area contributed by atoms with Gasteiger partial charge in [-0.15, -0.1) is 0 Å². The SMILES string of the molecule is COCCOc1cccc(C(=O)Nc2ccc(OC)cc2Cl)c1. The average Bonchev–Trinajstić information content (AvgIpc) is 2.57. The molecule has 0 fully saturated rings. The van der Waals surface area contributed by atoms with Gasteiger partial charge < -0.3 is 19.5 Å². The number of amides is 1. The Bertz CT molecular complexity index is 675. The van der Waals surface area contributed by atoms with Crippen LogP contribution < -0.4 is 14.8 Å². The van der Waals surface area contributed by atoms with Gasteiger partial charge in [-0.1, -0.05) is 17.7 Å². The summed E-state index contributed by atoms with van der Waals surface area (Å²) in [6.45, 7) is 0.907. The number of carbonyl (C=O) groups excluding carboxylic acids is 1. The van der Waals surface area contributed by atoms with Gasteiger partial charge in [-0.3, -0.25) is 4.79 Å². The van der Waals surface area contributed by atoms with Crippen LogP contribution in [0.4, 0.5) is 5.69 Å². The number of ether oxygens (including phenoxy) is 3. The summed E-state index contributed by atoms with van der Waals surface area (Å²) < 4.78 is 15.5. The van der Waals surface area contributed by atoms with Gasteiger partial charge in [0.25, 0.3) is 5.91 Å². The second kappa shape index (κ2) is 8.41. The molecule has 2 aromatic rings. The molecule has 0 aliphatic rings. The van der Waals surface area contributed by atoms with E-state index in [4.69, 9.17) is 25.8 Å². The van der Waals surface area contributed by atoms with Crippen molar-refractivity contribution in [2.24, 2.45) is 0 Å². The molecule has 2 rings (SSSR count). The van der Waals surface area contributed by atoms with Crippen LogP contribution in [0.1, 0.15) is 10.4 Å². The van der Waals surface area contributed by atoms with E-state index in [9.17, 15) is 4.79 Å². The monoisotopic (exact) mass is 335 g/mol. The summed E-state index contributed by atoms with van der Waals surface area (Å²) in [4.78, 5) is 12.3. The van der Waals surface area contributed by atoms with Crippen molar-refractivity contribution in [1.29, 1.82) is 0 Å². The molecule has 0 aromatic heterocycles. The third kappa shape index (κ3) is 4.87. The molecular formula is C17H18ClNO4. The predicted molar refractivity (Wildman–Crippen MR) is 89.8 cm³/mol. The maximum absolute atomic E-state index is 12.3. The maximum atomic E-state index is 12.3. The molecule has 122 valence electrons. The quantitative estimate of drug-likeness (QED) is 0.785. The van der Waals surface area contributed by atoms with Crippen molar-refractivity contribution in [3.63, 3.8) is 0 Å². The zero-order chi connectivity index (χ0) is 16.7. The Morgan fingerprint density at radius 3 is 2.61 bits per heavy atom. The van der Waals surface area contributed by atoms with E-state index in [2.05, 4.69) is 5.32 Å². The number of rotatable bonds is 7. The fourth-order valence-electron chi connectivity index (χ4n) is 1.89. The normalized spacial score (nSPS) is 10.2. The molecule has 23 heavy (non-hydrogen) atoms. The second-order valence-corrected chi connectivity index (χ2v) is 5.08. The Hall–Kier alpha value is -2.24. The van der Waals surface area contributed by atoms with Crippen molar-refractivity contribution in [2.75, 3.05) is 32.8 Å². The molecule has 0 saturated carbocycles. The van der Waals surface area contributed by atoms with Crippen molar-refractivity contribution in [2.45, 2.75) is 0 Å². The summed E-state index contributed by atoms with van der Waals surface area (Å²) in [7, 11) is 3.16. The Balaban J connectivity index is 2.07. The minimum atomic E-state index is -0.269. The number of nitrogens with one attached hydrogen (secondary N) is 1. The highest BCUT2D eigenvalue weighted by Crippen LogP contribution is 2.27. The van der Waals surface area contributed by atoms with Crippen LogP contribution in [0, 0.1) is 0 Å². The van der Waals surface area contributed by atoms with Crippen LogP contribution in [0.5, 0.6) is 11.5 Å². The molecule has 0 aliphatic carbocycles. The summed E-state index contributed by atoms with van der Waals surface area (Å²) in [5.41, 5.74) is 0.995. The lowest BCUT2D eigenvalue weighted by molar-refractivity contribution is 0.102. The van der Waals surface area contributed by atoms with Gasteiger partial charge in [0.05, 0.1) is 24.4 Å². The van der Waals surface area contributed by atoms with Crippen LogP contribution in [0.15, 0.2) is 42.5 Å². The highest BCUT2D eigenvalue weighted by molar-refractivity contribution is 6.34. The van der Waals surface area contributed by atoms with Crippen molar-refractivity contribution in [3.8, 4) is 11.5 Å². The first-order chi connectivity index (χ1) is 11.1. The molecule has 0 unspecified atom stereocenters. The van der Waals surface area contributed by atoms with Crippen LogP contribution in [0.2, 0.25) is 5.02 Å². The van der Waals surface area contributed by atoms with E-state index in [1.165, 1.54) is 0 Å². The molecule has 1 N–H and O–H groups in total. The van der Waals surface area contributed by atoms with E-state index in [0.29, 0.717) is 41.0 Å². The number of halogens is 1. The lowest BCUT2D eigenvalue weighted by Crippen LogP contribution is -2.12. The first-order valence-corrected chi connectivity index (χ1v) is 7.38. The van der Waals surface area contributed by atoms with E-state index in [0.717, 1.165) is 0 Å². The number of methoxy groups -OCH3 is 2. The minimum absolute atomic E-state index is 0.269. The first kappa shape index (κ1) is 17.1. The van der Waals surface area contributed by atoms with Gasteiger partial charge in [-0.25, -0.2) is 0 Å². The third-order valence-corrected chi connectivity index (χ3v) is 3.39. The summed E-state index contributed by atoms with van der Waals surface area (Å²) in [5, 5.41) is 3.17. The van der Waals surface area contributed by atoms with E-state index in [1.54, 1.807) is 56.7 Å². The van der Waals surface area contributed by atoms with Gasteiger partial charge >= 0.3 is 0 Å². The standard InChI is InChI=1S/C17H18ClNO4/c1-21-8-9-23-14-5-3-4-12(10-14)17(20)19-16-7-6-13(22-2)11-15(16)18/h3-7,10-11H,8-9H2,1-2H3,(H,19,20). The third-order valence-electron chi connectivity index (χ3n) is 3.08. The van der Waals surface area contributed by atoms with E-state index >= 15 is 0 Å². The Morgan fingerprint density at radius 1 is 1.09 bits per heavy atom. The number of hydrogen-bond acceptors (Lipinski definition) is 4. The Kier molecular flexibility index (Phi) is 6.26. The van der Waals surface area contributed by atoms with E-state index in [1.807, 2.05) is 0 Å². The van der Waals surface area contributed by atoms with Gasteiger partial charge in [0.15, 0.2) is 0 Å². The van der Waals surface area contributed by atoms with Crippen molar-refractivity contribution < 1.29 is 19.0 Å². The van der Waals surface area contributed by atoms with Crippen molar-refractivity contribution in [1.82, 2.24) is 0 Å². The number of hydrogen-bond donors (Lipinski definition) is 1. The molecule has 0 spiro atoms. The number of anilines is 1. The maximum Gasteiger partial charge on any atom is 0.255 e. The molecule has 0 saturated heterocycles. The highest BCUT2D eigenvalue weighted by Gasteiger charge is 2.10. The molecule has 1 amide bonds. The zero-order valence-corrected chi connectivity index (χ0v) is 13.7. The van der Waals surface area contributed by atoms with Gasteiger partial charge in [0.1, 0.15) is 18.1 Å². The second-order valence-electron chi connectivity index (χ2n) is 4.67. The van der Waals surface area contributed by atoms with Gasteiger partial charge in [0.2, 0.25) is 0 Å². The highest BCUT2D eigenvalue weighted by atomic mass is 35.5. The summed E-state index contributed by atoms with van der Waals surface area (Å²) >= 11 is 6.12. The molecule has 5 nitrogen and oxygen atoms in total. The number of benzene rings is 2. The van der Waals surface area contributed by atoms with Crippen LogP contribution >= 0.6 is 11.6 Å². The zero-order valence-electron chi connectivity index (χ0n) is 13.0. The smallest absolute Gasteiger partial charge is 0.255 e. The molecule has 0 heterocycles. The van der Waals surface area contributed by atoms with Crippen LogP contribution in [0.3, 0.4) is 0 Å². The van der Waals surface area contributed by atoms with Crippen LogP contribution in [0.25, 0.3) is 0 Å². The summed E-state index contributed by atoms with van der Waals surface area (Å²) in [6.07, 6.45) is 0. The van der Waals surface area contributed by atoms with Crippen molar-refractivity contribution in [3.05, 3.63) is 53.1 Å². The van der Waals surface area contributed by atoms with Gasteiger partial charge in [0, 0.05) is 18.7 Å². The summed E-state index contributed by atoms with van der Waals surface area (Å²) in [6, 6.07) is 12.0. The molecule has 2 aromatic carbocycles. The van der Waals surface area contributed by atoms with Crippen LogP contribution in [-0.4, -0.2) is 33.3 Å². The topological polar surface area (TPSA) is 56.8 Å². The molecule has 0 radical (unpaired) electrons. The molecular weight excluding hydrogens is 318 g/mol. The van der Waals surface area contributed by atoms with Crippen molar-refractivity contribution >= 4 is 23.2 Å². The minimum Gasteiger partial charge on any atom is -0.497 e. The lowest BCUT2D eigenvalue weighted by Gasteiger charge is -2.10. The number of carbonyl (C=O) groups is 1. The van der Waals surface area contributed by atoms with Gasteiger partial charge in [-0.2, -0.15) is 0 Å². The first-order valence-electron chi connectivity index (χ1n) is 7.00. The molecule has 0 atom stereocenters. The Labute approximate surface area is 140 Å². The predicted octanol–water partition coefficient (Wildman–Crippen LogP) is 3.63. The largest absolute Gasteiger partial charge is 0.497 e. The molecule has 6 heteroatoms. The van der Waals surface area contributed by atoms with E-state index < -0.39 is 0 Å². The van der Waals surface area contributed by atoms with Crippen LogP contribution in [-0.2, 0) is 4.74 Å². The summed E-state index contributed by atoms with van der Waals surface area (Å²) in [5.74, 6) is 0.964. The van der Waals surface area contributed by atoms with Gasteiger partial charge in [-0.05, 0) is 30.3 Å². The Morgan fingerprint density at radius 2 is 1.91 bits per heavy atom.